The number of thioether (sulfide) groups is 1. The minimum atomic E-state index is 1.14. The van der Waals surface area contributed by atoms with Gasteiger partial charge in [-0.15, -0.1) is 11.8 Å². The van der Waals surface area contributed by atoms with Gasteiger partial charge in [0.05, 0.1) is 0 Å². The van der Waals surface area contributed by atoms with E-state index in [0.29, 0.717) is 0 Å². The van der Waals surface area contributed by atoms with Gasteiger partial charge in [0.15, 0.2) is 0 Å². The van der Waals surface area contributed by atoms with Crippen LogP contribution in [0.3, 0.4) is 0 Å². The summed E-state index contributed by atoms with van der Waals surface area (Å²) < 4.78 is 0. The Morgan fingerprint density at radius 2 is 2.00 bits per heavy atom. The first kappa shape index (κ1) is 8.41. The lowest BCUT2D eigenvalue weighted by atomic mass is 10.2. The molecule has 0 heterocycles. The monoisotopic (exact) mass is 164 g/mol. The van der Waals surface area contributed by atoms with Crippen LogP contribution in [-0.4, -0.2) is 5.75 Å². The highest BCUT2D eigenvalue weighted by Gasteiger charge is 1.80. The van der Waals surface area contributed by atoms with E-state index >= 15 is 0 Å². The molecule has 0 aliphatic rings. The second kappa shape index (κ2) is 5.03. The van der Waals surface area contributed by atoms with Crippen molar-refractivity contribution in [1.82, 2.24) is 0 Å². The second-order valence-electron chi connectivity index (χ2n) is 2.17. The Kier molecular flexibility index (Phi) is 3.84. The summed E-state index contributed by atoms with van der Waals surface area (Å²) in [5.41, 5.74) is 1.27. The van der Waals surface area contributed by atoms with Crippen LogP contribution >= 0.6 is 11.8 Å². The Bertz CT molecular complexity index is 214. The predicted molar refractivity (Wildman–Crippen MR) is 53.6 cm³/mol. The van der Waals surface area contributed by atoms with Crippen molar-refractivity contribution < 1.29 is 0 Å². The van der Waals surface area contributed by atoms with Gasteiger partial charge in [-0.25, -0.2) is 0 Å². The number of hydrogen-bond acceptors (Lipinski definition) is 1. The molecule has 0 N–H and O–H groups in total. The van der Waals surface area contributed by atoms with Crippen LogP contribution in [0.2, 0.25) is 0 Å². The van der Waals surface area contributed by atoms with E-state index < -0.39 is 0 Å². The third-order valence-electron chi connectivity index (χ3n) is 1.32. The van der Waals surface area contributed by atoms with Crippen LogP contribution in [0.25, 0.3) is 6.08 Å². The first-order chi connectivity index (χ1) is 5.43. The number of rotatable bonds is 3. The van der Waals surface area contributed by atoms with Gasteiger partial charge in [0, 0.05) is 0 Å². The molecule has 0 unspecified atom stereocenters. The topological polar surface area (TPSA) is 0 Å². The van der Waals surface area contributed by atoms with Gasteiger partial charge < -0.3 is 0 Å². The lowest BCUT2D eigenvalue weighted by molar-refractivity contribution is 1.54. The Morgan fingerprint density at radius 3 is 2.64 bits per heavy atom. The standard InChI is InChI=1S/C10H12S/c1-2-11-9-8-10-6-4-3-5-7-10/h3-9H,2H2,1H3/b9-8+. The Morgan fingerprint density at radius 1 is 1.27 bits per heavy atom. The highest BCUT2D eigenvalue weighted by atomic mass is 32.2. The number of hydrogen-bond donors (Lipinski definition) is 0. The number of benzene rings is 1. The minimum absolute atomic E-state index is 1.14. The van der Waals surface area contributed by atoms with E-state index in [2.05, 4.69) is 42.7 Å². The summed E-state index contributed by atoms with van der Waals surface area (Å²) in [6, 6.07) is 10.3. The molecule has 0 aromatic heterocycles. The molecule has 11 heavy (non-hydrogen) atoms. The molecular formula is C10H12S. The average molecular weight is 164 g/mol. The molecule has 0 saturated heterocycles. The van der Waals surface area contributed by atoms with Crippen LogP contribution in [0.15, 0.2) is 35.7 Å². The van der Waals surface area contributed by atoms with Crippen molar-refractivity contribution >= 4 is 17.8 Å². The van der Waals surface area contributed by atoms with Crippen LogP contribution < -0.4 is 0 Å². The molecule has 0 amide bonds. The lowest BCUT2D eigenvalue weighted by Gasteiger charge is -1.89. The quantitative estimate of drug-likeness (QED) is 0.659. The zero-order valence-corrected chi connectivity index (χ0v) is 7.47. The molecule has 1 heteroatoms. The highest BCUT2D eigenvalue weighted by Crippen LogP contribution is 2.06. The molecule has 1 rings (SSSR count). The zero-order valence-electron chi connectivity index (χ0n) is 6.66. The first-order valence-corrected chi connectivity index (χ1v) is 4.81. The van der Waals surface area contributed by atoms with E-state index in [4.69, 9.17) is 0 Å². The van der Waals surface area contributed by atoms with Gasteiger partial charge in [-0.05, 0) is 22.8 Å². The SMILES string of the molecule is CCS/C=C/c1ccccc1. The molecule has 0 spiro atoms. The molecule has 0 radical (unpaired) electrons. The smallest absolute Gasteiger partial charge is 0.00544 e. The summed E-state index contributed by atoms with van der Waals surface area (Å²) in [7, 11) is 0. The Balaban J connectivity index is 2.50. The molecule has 0 saturated carbocycles. The summed E-state index contributed by atoms with van der Waals surface area (Å²) >= 11 is 1.82. The van der Waals surface area contributed by atoms with Gasteiger partial charge in [-0.3, -0.25) is 0 Å². The van der Waals surface area contributed by atoms with E-state index in [0.717, 1.165) is 5.75 Å². The molecule has 0 nitrogen and oxygen atoms in total. The van der Waals surface area contributed by atoms with Crippen molar-refractivity contribution in [2.75, 3.05) is 5.75 Å². The predicted octanol–water partition coefficient (Wildman–Crippen LogP) is 3.41. The Labute approximate surface area is 72.3 Å². The van der Waals surface area contributed by atoms with Gasteiger partial charge in [-0.1, -0.05) is 37.3 Å². The average Bonchev–Trinajstić information content (AvgIpc) is 2.07. The molecule has 0 atom stereocenters. The molecule has 1 aromatic rings. The summed E-state index contributed by atoms with van der Waals surface area (Å²) in [6.07, 6.45) is 2.13. The van der Waals surface area contributed by atoms with E-state index in [9.17, 15) is 0 Å². The summed E-state index contributed by atoms with van der Waals surface area (Å²) in [5, 5.41) is 2.13. The van der Waals surface area contributed by atoms with Crippen LogP contribution in [-0.2, 0) is 0 Å². The molecule has 0 aliphatic heterocycles. The third-order valence-corrected chi connectivity index (χ3v) is 1.98. The maximum atomic E-state index is 2.15. The fraction of sp³-hybridized carbons (Fsp3) is 0.200. The van der Waals surface area contributed by atoms with E-state index in [1.54, 1.807) is 0 Å². The fourth-order valence-corrected chi connectivity index (χ4v) is 1.23. The van der Waals surface area contributed by atoms with Crippen molar-refractivity contribution in [3.05, 3.63) is 41.3 Å². The normalized spacial score (nSPS) is 10.6. The van der Waals surface area contributed by atoms with Gasteiger partial charge in [0.25, 0.3) is 0 Å². The summed E-state index contributed by atoms with van der Waals surface area (Å²) in [4.78, 5) is 0. The third kappa shape index (κ3) is 3.28. The first-order valence-electron chi connectivity index (χ1n) is 3.76. The molecule has 58 valence electrons. The van der Waals surface area contributed by atoms with Crippen LogP contribution in [0.5, 0.6) is 0 Å². The summed E-state index contributed by atoms with van der Waals surface area (Å²) in [6.45, 7) is 2.15. The van der Waals surface area contributed by atoms with E-state index in [1.807, 2.05) is 17.8 Å². The molecule has 0 aliphatic carbocycles. The van der Waals surface area contributed by atoms with E-state index in [1.165, 1.54) is 5.56 Å². The fourth-order valence-electron chi connectivity index (χ4n) is 0.787. The minimum Gasteiger partial charge on any atom is -0.134 e. The highest BCUT2D eigenvalue weighted by molar-refractivity contribution is 8.02. The lowest BCUT2D eigenvalue weighted by Crippen LogP contribution is -1.66. The molecule has 0 fully saturated rings. The molecular weight excluding hydrogens is 152 g/mol. The van der Waals surface area contributed by atoms with Gasteiger partial charge in [-0.2, -0.15) is 0 Å². The Hall–Kier alpha value is -0.690. The van der Waals surface area contributed by atoms with Crippen molar-refractivity contribution in [3.63, 3.8) is 0 Å². The molecule has 0 bridgehead atoms. The van der Waals surface area contributed by atoms with Crippen molar-refractivity contribution in [2.45, 2.75) is 6.92 Å². The van der Waals surface area contributed by atoms with E-state index in [-0.39, 0.29) is 0 Å². The van der Waals surface area contributed by atoms with Gasteiger partial charge in [0.1, 0.15) is 0 Å². The zero-order chi connectivity index (χ0) is 7.94. The second-order valence-corrected chi connectivity index (χ2v) is 3.35. The maximum Gasteiger partial charge on any atom is -0.00544 e. The van der Waals surface area contributed by atoms with Crippen LogP contribution in [0, 0.1) is 0 Å². The van der Waals surface area contributed by atoms with Crippen molar-refractivity contribution in [3.8, 4) is 0 Å². The van der Waals surface area contributed by atoms with Crippen LogP contribution in [0.4, 0.5) is 0 Å². The van der Waals surface area contributed by atoms with Crippen molar-refractivity contribution in [1.29, 1.82) is 0 Å². The van der Waals surface area contributed by atoms with Crippen molar-refractivity contribution in [2.24, 2.45) is 0 Å². The van der Waals surface area contributed by atoms with Gasteiger partial charge in [0.2, 0.25) is 0 Å². The maximum absolute atomic E-state index is 2.15. The van der Waals surface area contributed by atoms with Gasteiger partial charge >= 0.3 is 0 Å². The van der Waals surface area contributed by atoms with Crippen LogP contribution in [0.1, 0.15) is 12.5 Å². The molecule has 1 aromatic carbocycles. The largest absolute Gasteiger partial charge is 0.134 e. The summed E-state index contributed by atoms with van der Waals surface area (Å²) in [5.74, 6) is 1.14.